The molecule has 1 aromatic carbocycles. The summed E-state index contributed by atoms with van der Waals surface area (Å²) in [4.78, 5) is 26.2. The van der Waals surface area contributed by atoms with E-state index in [4.69, 9.17) is 9.47 Å². The van der Waals surface area contributed by atoms with Crippen LogP contribution >= 0.6 is 0 Å². The lowest BCUT2D eigenvalue weighted by Crippen LogP contribution is -2.46. The molecule has 1 aliphatic rings. The van der Waals surface area contributed by atoms with Gasteiger partial charge in [0, 0.05) is 12.6 Å². The van der Waals surface area contributed by atoms with Crippen molar-refractivity contribution in [2.24, 2.45) is 0 Å². The van der Waals surface area contributed by atoms with Crippen molar-refractivity contribution < 1.29 is 27.5 Å². The van der Waals surface area contributed by atoms with Gasteiger partial charge in [0.15, 0.2) is 22.5 Å². The minimum Gasteiger partial charge on any atom is -0.481 e. The van der Waals surface area contributed by atoms with Crippen LogP contribution in [0.1, 0.15) is 31.4 Å². The van der Waals surface area contributed by atoms with Crippen molar-refractivity contribution in [3.8, 4) is 5.75 Å². The molecule has 2 unspecified atom stereocenters. The number of carbonyl (C=O) groups is 2. The molecule has 7 nitrogen and oxygen atoms in total. The summed E-state index contributed by atoms with van der Waals surface area (Å²) < 4.78 is 34.1. The minimum absolute atomic E-state index is 0.0388. The molecular weight excluding hydrogens is 370 g/mol. The summed E-state index contributed by atoms with van der Waals surface area (Å²) in [7, 11) is -3.10. The summed E-state index contributed by atoms with van der Waals surface area (Å²) in [6.45, 7) is 7.10. The van der Waals surface area contributed by atoms with Crippen LogP contribution in [0.3, 0.4) is 0 Å². The summed E-state index contributed by atoms with van der Waals surface area (Å²) in [6, 6.07) is 5.31. The second-order valence-corrected chi connectivity index (χ2v) is 9.05. The molecule has 1 fully saturated rings. The predicted molar refractivity (Wildman–Crippen MR) is 101 cm³/mol. The van der Waals surface area contributed by atoms with Crippen molar-refractivity contribution in [1.82, 2.24) is 4.90 Å². The maximum absolute atomic E-state index is 12.6. The molecule has 1 heterocycles. The first kappa shape index (κ1) is 21.2. The number of amides is 1. The number of likely N-dealkylation sites (N-methyl/N-ethyl adjacent to an activating group) is 1. The Labute approximate surface area is 160 Å². The molecule has 0 N–H and O–H groups in total. The zero-order chi connectivity index (χ0) is 20.2. The van der Waals surface area contributed by atoms with Gasteiger partial charge in [-0.2, -0.15) is 0 Å². The van der Waals surface area contributed by atoms with E-state index in [1.807, 2.05) is 32.0 Å². The number of carbonyl (C=O) groups excluding carboxylic acids is 2. The van der Waals surface area contributed by atoms with Crippen LogP contribution in [0.5, 0.6) is 5.75 Å². The number of para-hydroxylation sites is 1. The summed E-state index contributed by atoms with van der Waals surface area (Å²) in [6.07, 6.45) is -0.583. The molecule has 0 bridgehead atoms. The quantitative estimate of drug-likeness (QED) is 0.650. The highest BCUT2D eigenvalue weighted by molar-refractivity contribution is 7.91. The first-order chi connectivity index (χ1) is 12.6. The average Bonchev–Trinajstić information content (AvgIpc) is 2.94. The maximum Gasteiger partial charge on any atom is 0.344 e. The van der Waals surface area contributed by atoms with E-state index in [1.54, 1.807) is 6.92 Å². The molecule has 150 valence electrons. The highest BCUT2D eigenvalue weighted by Crippen LogP contribution is 2.22. The highest BCUT2D eigenvalue weighted by Gasteiger charge is 2.36. The zero-order valence-electron chi connectivity index (χ0n) is 16.2. The third-order valence-electron chi connectivity index (χ3n) is 4.67. The largest absolute Gasteiger partial charge is 0.481 e. The fraction of sp³-hybridized carbons (Fsp3) is 0.579. The van der Waals surface area contributed by atoms with Crippen molar-refractivity contribution in [2.45, 2.75) is 46.3 Å². The van der Waals surface area contributed by atoms with E-state index in [2.05, 4.69) is 0 Å². The Morgan fingerprint density at radius 2 is 1.89 bits per heavy atom. The van der Waals surface area contributed by atoms with E-state index in [0.29, 0.717) is 18.7 Å². The van der Waals surface area contributed by atoms with Crippen LogP contribution in [0.15, 0.2) is 18.2 Å². The molecule has 2 atom stereocenters. The lowest BCUT2D eigenvalue weighted by Gasteiger charge is -2.29. The van der Waals surface area contributed by atoms with Gasteiger partial charge in [-0.05, 0) is 45.2 Å². The van der Waals surface area contributed by atoms with Gasteiger partial charge in [-0.15, -0.1) is 0 Å². The van der Waals surface area contributed by atoms with Crippen molar-refractivity contribution in [3.05, 3.63) is 29.3 Å². The molecule has 1 saturated heterocycles. The normalized spacial score (nSPS) is 19.3. The second-order valence-electron chi connectivity index (χ2n) is 6.82. The van der Waals surface area contributed by atoms with Crippen LogP contribution in [0.2, 0.25) is 0 Å². The molecule has 0 radical (unpaired) electrons. The lowest BCUT2D eigenvalue weighted by atomic mass is 10.1. The topological polar surface area (TPSA) is 90.0 Å². The van der Waals surface area contributed by atoms with Gasteiger partial charge in [-0.3, -0.25) is 4.79 Å². The number of sulfone groups is 1. The van der Waals surface area contributed by atoms with Crippen molar-refractivity contribution in [1.29, 1.82) is 0 Å². The van der Waals surface area contributed by atoms with Crippen LogP contribution in [-0.4, -0.2) is 62.0 Å². The van der Waals surface area contributed by atoms with Crippen LogP contribution in [-0.2, 0) is 24.2 Å². The Kier molecular flexibility index (Phi) is 6.86. The van der Waals surface area contributed by atoms with Crippen LogP contribution in [0.25, 0.3) is 0 Å². The number of rotatable bonds is 7. The first-order valence-electron chi connectivity index (χ1n) is 9.04. The van der Waals surface area contributed by atoms with Gasteiger partial charge in [0.25, 0.3) is 5.91 Å². The zero-order valence-corrected chi connectivity index (χ0v) is 17.0. The highest BCUT2D eigenvalue weighted by atomic mass is 32.2. The molecule has 1 aromatic rings. The number of aryl methyl sites for hydroxylation is 2. The van der Waals surface area contributed by atoms with Gasteiger partial charge in [-0.25, -0.2) is 13.2 Å². The summed E-state index contributed by atoms with van der Waals surface area (Å²) in [5.41, 5.74) is 1.82. The summed E-state index contributed by atoms with van der Waals surface area (Å²) in [5, 5.41) is 0. The summed E-state index contributed by atoms with van der Waals surface area (Å²) >= 11 is 0. The predicted octanol–water partition coefficient (Wildman–Crippen LogP) is 1.65. The minimum atomic E-state index is -3.10. The average molecular weight is 397 g/mol. The summed E-state index contributed by atoms with van der Waals surface area (Å²) in [5.74, 6) is -0.365. The Morgan fingerprint density at radius 1 is 1.26 bits per heavy atom. The number of hydrogen-bond donors (Lipinski definition) is 0. The van der Waals surface area contributed by atoms with E-state index in [1.165, 1.54) is 11.8 Å². The molecule has 1 aliphatic heterocycles. The fourth-order valence-electron chi connectivity index (χ4n) is 3.29. The van der Waals surface area contributed by atoms with Crippen LogP contribution in [0, 0.1) is 13.8 Å². The van der Waals surface area contributed by atoms with E-state index < -0.39 is 21.9 Å². The number of benzene rings is 1. The molecule has 8 heteroatoms. The molecule has 2 rings (SSSR count). The number of ether oxygens (including phenoxy) is 2. The van der Waals surface area contributed by atoms with Crippen molar-refractivity contribution in [2.75, 3.05) is 24.7 Å². The van der Waals surface area contributed by atoms with Crippen LogP contribution in [0.4, 0.5) is 0 Å². The third-order valence-corrected chi connectivity index (χ3v) is 6.42. The Morgan fingerprint density at radius 3 is 2.41 bits per heavy atom. The molecule has 0 aromatic heterocycles. The van der Waals surface area contributed by atoms with Gasteiger partial charge >= 0.3 is 5.97 Å². The Balaban J connectivity index is 1.92. The molecule has 1 amide bonds. The lowest BCUT2D eigenvalue weighted by molar-refractivity contribution is -0.161. The van der Waals surface area contributed by atoms with E-state index in [9.17, 15) is 18.0 Å². The molecular formula is C19H27NO6S. The van der Waals surface area contributed by atoms with E-state index >= 15 is 0 Å². The maximum atomic E-state index is 12.6. The van der Waals surface area contributed by atoms with Crippen LogP contribution < -0.4 is 4.74 Å². The van der Waals surface area contributed by atoms with E-state index in [-0.39, 0.29) is 30.1 Å². The third kappa shape index (κ3) is 5.45. The molecule has 0 spiro atoms. The smallest absolute Gasteiger partial charge is 0.344 e. The first-order valence-corrected chi connectivity index (χ1v) is 10.9. The number of nitrogens with zero attached hydrogens (tertiary/aromatic N) is 1. The number of esters is 1. The molecule has 0 saturated carbocycles. The monoisotopic (exact) mass is 397 g/mol. The SMILES string of the molecule is CCN(C(=O)C(C)OC(=O)COc1c(C)cccc1C)C1CCS(=O)(=O)C1. The number of hydrogen-bond acceptors (Lipinski definition) is 6. The second kappa shape index (κ2) is 8.73. The van der Waals surface area contributed by atoms with E-state index in [0.717, 1.165) is 11.1 Å². The fourth-order valence-corrected chi connectivity index (χ4v) is 5.02. The van der Waals surface area contributed by atoms with Gasteiger partial charge in [0.05, 0.1) is 11.5 Å². The Hall–Kier alpha value is -2.09. The molecule has 27 heavy (non-hydrogen) atoms. The van der Waals surface area contributed by atoms with Gasteiger partial charge in [0.2, 0.25) is 0 Å². The van der Waals surface area contributed by atoms with Crippen molar-refractivity contribution >= 4 is 21.7 Å². The van der Waals surface area contributed by atoms with Gasteiger partial charge in [0.1, 0.15) is 5.75 Å². The van der Waals surface area contributed by atoms with Gasteiger partial charge in [-0.1, -0.05) is 18.2 Å². The Bertz CT molecular complexity index is 784. The van der Waals surface area contributed by atoms with Crippen molar-refractivity contribution in [3.63, 3.8) is 0 Å². The van der Waals surface area contributed by atoms with Gasteiger partial charge < -0.3 is 14.4 Å². The standard InChI is InChI=1S/C19H27NO6S/c1-5-20(16-9-10-27(23,24)12-16)19(22)15(4)26-17(21)11-25-18-13(2)7-6-8-14(18)3/h6-8,15-16H,5,9-12H2,1-4H3. The molecule has 0 aliphatic carbocycles.